The van der Waals surface area contributed by atoms with Gasteiger partial charge in [-0.3, -0.25) is 4.79 Å². The molecule has 0 saturated heterocycles. The van der Waals surface area contributed by atoms with Gasteiger partial charge in [0.05, 0.1) is 17.6 Å². The van der Waals surface area contributed by atoms with Gasteiger partial charge in [0.15, 0.2) is 11.4 Å². The summed E-state index contributed by atoms with van der Waals surface area (Å²) in [5, 5.41) is 4.71. The Morgan fingerprint density at radius 2 is 1.96 bits per heavy atom. The first kappa shape index (κ1) is 14.3. The zero-order valence-electron chi connectivity index (χ0n) is 13.1. The van der Waals surface area contributed by atoms with Crippen LogP contribution in [0.2, 0.25) is 0 Å². The summed E-state index contributed by atoms with van der Waals surface area (Å²) >= 11 is 0. The lowest BCUT2D eigenvalue weighted by atomic mass is 10.1. The Morgan fingerprint density at radius 1 is 1.08 bits per heavy atom. The summed E-state index contributed by atoms with van der Waals surface area (Å²) in [4.78, 5) is 16.0. The fourth-order valence-electron chi connectivity index (χ4n) is 2.67. The minimum atomic E-state index is 0.0409. The molecule has 0 saturated carbocycles. The van der Waals surface area contributed by atoms with E-state index in [0.717, 1.165) is 28.2 Å². The highest BCUT2D eigenvalue weighted by atomic mass is 16.1. The summed E-state index contributed by atoms with van der Waals surface area (Å²) in [7, 11) is 0. The maximum Gasteiger partial charge on any atom is 0.159 e. The standard InChI is InChI=1S/C20H14N3O/c1-14(24)16-8-5-9-17(12-16)19-13-21-20-11-10-18(22-23(19)20)15-6-3-2-4-7-15/h2-3,5-13H,1H3. The number of hydrogen-bond donors (Lipinski definition) is 0. The van der Waals surface area contributed by atoms with Crippen LogP contribution in [0.5, 0.6) is 0 Å². The topological polar surface area (TPSA) is 47.3 Å². The third-order valence-corrected chi connectivity index (χ3v) is 3.93. The van der Waals surface area contributed by atoms with Crippen LogP contribution in [0.25, 0.3) is 28.2 Å². The number of fused-ring (bicyclic) bond motifs is 1. The predicted octanol–water partition coefficient (Wildman–Crippen LogP) is 4.07. The van der Waals surface area contributed by atoms with Crippen LogP contribution in [0, 0.1) is 6.07 Å². The number of rotatable bonds is 3. The van der Waals surface area contributed by atoms with Gasteiger partial charge in [-0.15, -0.1) is 0 Å². The van der Waals surface area contributed by atoms with E-state index in [1.165, 1.54) is 0 Å². The van der Waals surface area contributed by atoms with Crippen LogP contribution in [0.15, 0.2) is 66.9 Å². The Kier molecular flexibility index (Phi) is 3.43. The molecule has 4 nitrogen and oxygen atoms in total. The number of Topliss-reactive ketones (excluding diaryl/α,β-unsaturated/α-hetero) is 1. The van der Waals surface area contributed by atoms with E-state index >= 15 is 0 Å². The third kappa shape index (κ3) is 2.48. The van der Waals surface area contributed by atoms with E-state index in [0.29, 0.717) is 5.56 Å². The highest BCUT2D eigenvalue weighted by Crippen LogP contribution is 2.23. The van der Waals surface area contributed by atoms with Crippen molar-refractivity contribution in [2.24, 2.45) is 0 Å². The number of carbonyl (C=O) groups is 1. The molecule has 2 heterocycles. The second kappa shape index (κ2) is 5.74. The lowest BCUT2D eigenvalue weighted by Crippen LogP contribution is -1.98. The average molecular weight is 312 g/mol. The van der Waals surface area contributed by atoms with Gasteiger partial charge in [0, 0.05) is 16.7 Å². The zero-order chi connectivity index (χ0) is 16.5. The normalized spacial score (nSPS) is 10.9. The average Bonchev–Trinajstić information content (AvgIpc) is 3.05. The van der Waals surface area contributed by atoms with Crippen molar-refractivity contribution in [3.05, 3.63) is 78.5 Å². The van der Waals surface area contributed by atoms with Crippen LogP contribution >= 0.6 is 0 Å². The van der Waals surface area contributed by atoms with Gasteiger partial charge in [-0.25, -0.2) is 9.50 Å². The Hall–Kier alpha value is -3.27. The number of nitrogens with zero attached hydrogens (tertiary/aromatic N) is 3. The summed E-state index contributed by atoms with van der Waals surface area (Å²) < 4.78 is 1.81. The van der Waals surface area contributed by atoms with Crippen LogP contribution in [0.4, 0.5) is 0 Å². The molecule has 0 unspecified atom stereocenters. The minimum Gasteiger partial charge on any atom is -0.295 e. The number of aromatic nitrogens is 3. The van der Waals surface area contributed by atoms with E-state index in [9.17, 15) is 4.79 Å². The van der Waals surface area contributed by atoms with E-state index in [1.807, 2.05) is 65.2 Å². The fourth-order valence-corrected chi connectivity index (χ4v) is 2.67. The molecule has 1 radical (unpaired) electrons. The Bertz CT molecular complexity index is 1040. The van der Waals surface area contributed by atoms with Crippen molar-refractivity contribution in [3.63, 3.8) is 0 Å². The van der Waals surface area contributed by atoms with Gasteiger partial charge in [0.2, 0.25) is 0 Å². The lowest BCUT2D eigenvalue weighted by Gasteiger charge is -2.05. The zero-order valence-corrected chi connectivity index (χ0v) is 13.1. The molecule has 0 aliphatic heterocycles. The van der Waals surface area contributed by atoms with Crippen molar-refractivity contribution >= 4 is 11.4 Å². The molecule has 2 aromatic heterocycles. The molecule has 0 fully saturated rings. The van der Waals surface area contributed by atoms with Gasteiger partial charge >= 0.3 is 0 Å². The SMILES string of the molecule is CC(=O)c1cccc(-c2cnc3ccc(-c4c[c]ccc4)nn23)c1. The minimum absolute atomic E-state index is 0.0409. The van der Waals surface area contributed by atoms with Crippen LogP contribution in [-0.4, -0.2) is 20.4 Å². The van der Waals surface area contributed by atoms with Crippen molar-refractivity contribution < 1.29 is 4.79 Å². The van der Waals surface area contributed by atoms with Gasteiger partial charge in [-0.05, 0) is 37.3 Å². The first-order chi connectivity index (χ1) is 11.7. The van der Waals surface area contributed by atoms with E-state index in [2.05, 4.69) is 11.1 Å². The van der Waals surface area contributed by atoms with Crippen LogP contribution in [0.1, 0.15) is 17.3 Å². The molecule has 2 aromatic carbocycles. The first-order valence-corrected chi connectivity index (χ1v) is 7.65. The predicted molar refractivity (Wildman–Crippen MR) is 92.7 cm³/mol. The first-order valence-electron chi connectivity index (χ1n) is 7.65. The van der Waals surface area contributed by atoms with Gasteiger partial charge in [-0.2, -0.15) is 5.10 Å². The highest BCUT2D eigenvalue weighted by molar-refractivity contribution is 5.95. The van der Waals surface area contributed by atoms with Crippen LogP contribution < -0.4 is 0 Å². The number of hydrogen-bond acceptors (Lipinski definition) is 3. The van der Waals surface area contributed by atoms with Gasteiger partial charge in [0.1, 0.15) is 0 Å². The third-order valence-electron chi connectivity index (χ3n) is 3.93. The van der Waals surface area contributed by atoms with Gasteiger partial charge in [-0.1, -0.05) is 36.4 Å². The molecule has 0 N–H and O–H groups in total. The molecule has 0 spiro atoms. The fraction of sp³-hybridized carbons (Fsp3) is 0.0500. The Morgan fingerprint density at radius 3 is 2.75 bits per heavy atom. The second-order valence-corrected chi connectivity index (χ2v) is 5.56. The number of ketones is 1. The Labute approximate surface area is 139 Å². The molecular weight excluding hydrogens is 298 g/mol. The smallest absolute Gasteiger partial charge is 0.159 e. The summed E-state index contributed by atoms with van der Waals surface area (Å²) in [6.07, 6.45) is 1.78. The second-order valence-electron chi connectivity index (χ2n) is 5.56. The van der Waals surface area contributed by atoms with E-state index < -0.39 is 0 Å². The summed E-state index contributed by atoms with van der Waals surface area (Å²) in [5.74, 6) is 0.0409. The van der Waals surface area contributed by atoms with Crippen molar-refractivity contribution in [1.29, 1.82) is 0 Å². The van der Waals surface area contributed by atoms with E-state index in [4.69, 9.17) is 5.10 Å². The maximum absolute atomic E-state index is 11.6. The van der Waals surface area contributed by atoms with Crippen molar-refractivity contribution in [3.8, 4) is 22.5 Å². The highest BCUT2D eigenvalue weighted by Gasteiger charge is 2.10. The molecule has 24 heavy (non-hydrogen) atoms. The summed E-state index contributed by atoms with van der Waals surface area (Å²) in [6, 6.07) is 22.2. The number of benzene rings is 2. The molecule has 0 atom stereocenters. The molecular formula is C20H14N3O. The monoisotopic (exact) mass is 312 g/mol. The van der Waals surface area contributed by atoms with Gasteiger partial charge in [0.25, 0.3) is 0 Å². The van der Waals surface area contributed by atoms with E-state index in [1.54, 1.807) is 13.1 Å². The largest absolute Gasteiger partial charge is 0.295 e. The Balaban J connectivity index is 1.88. The van der Waals surface area contributed by atoms with Crippen molar-refractivity contribution in [2.45, 2.75) is 6.92 Å². The molecule has 0 amide bonds. The molecule has 0 aliphatic carbocycles. The molecule has 4 heteroatoms. The molecule has 4 rings (SSSR count). The molecule has 0 aliphatic rings. The lowest BCUT2D eigenvalue weighted by molar-refractivity contribution is 0.101. The molecule has 4 aromatic rings. The van der Waals surface area contributed by atoms with E-state index in [-0.39, 0.29) is 5.78 Å². The van der Waals surface area contributed by atoms with Gasteiger partial charge < -0.3 is 0 Å². The quantitative estimate of drug-likeness (QED) is 0.536. The molecule has 0 bridgehead atoms. The molecule has 115 valence electrons. The van der Waals surface area contributed by atoms with Crippen molar-refractivity contribution in [1.82, 2.24) is 14.6 Å². The summed E-state index contributed by atoms with van der Waals surface area (Å²) in [6.45, 7) is 1.57. The van der Waals surface area contributed by atoms with Crippen molar-refractivity contribution in [2.75, 3.05) is 0 Å². The van der Waals surface area contributed by atoms with Crippen LogP contribution in [-0.2, 0) is 0 Å². The number of imidazole rings is 1. The number of carbonyl (C=O) groups excluding carboxylic acids is 1. The summed E-state index contributed by atoms with van der Waals surface area (Å²) in [5.41, 5.74) is 5.06. The van der Waals surface area contributed by atoms with Crippen LogP contribution in [0.3, 0.4) is 0 Å². The maximum atomic E-state index is 11.6.